The summed E-state index contributed by atoms with van der Waals surface area (Å²) >= 11 is 0. The van der Waals surface area contributed by atoms with Crippen LogP contribution in [0.15, 0.2) is 78.0 Å². The molecule has 6 heteroatoms. The van der Waals surface area contributed by atoms with Crippen molar-refractivity contribution in [1.29, 1.82) is 0 Å². The molecule has 0 saturated carbocycles. The van der Waals surface area contributed by atoms with Crippen molar-refractivity contribution in [3.63, 3.8) is 0 Å². The fourth-order valence-electron chi connectivity index (χ4n) is 3.45. The van der Waals surface area contributed by atoms with Crippen molar-refractivity contribution in [2.75, 3.05) is 5.32 Å². The van der Waals surface area contributed by atoms with Crippen LogP contribution >= 0.6 is 0 Å². The maximum Gasteiger partial charge on any atom is 0.229 e. The Kier molecular flexibility index (Phi) is 4.09. The van der Waals surface area contributed by atoms with Crippen LogP contribution in [0.4, 0.5) is 11.6 Å². The molecule has 2 aromatic carbocycles. The molecular weight excluding hydrogens is 362 g/mol. The molecule has 0 aliphatic carbocycles. The number of hydrogen-bond acceptors (Lipinski definition) is 4. The predicted molar refractivity (Wildman–Crippen MR) is 116 cm³/mol. The highest BCUT2D eigenvalue weighted by atomic mass is 16.1. The summed E-state index contributed by atoms with van der Waals surface area (Å²) in [5.41, 5.74) is 4.64. The molecule has 3 heterocycles. The number of nitrogens with zero attached hydrogens (tertiary/aromatic N) is 3. The van der Waals surface area contributed by atoms with E-state index in [9.17, 15) is 4.79 Å². The number of pyridine rings is 1. The highest BCUT2D eigenvalue weighted by Gasteiger charge is 2.09. The summed E-state index contributed by atoms with van der Waals surface area (Å²) in [5, 5.41) is 4.83. The summed E-state index contributed by atoms with van der Waals surface area (Å²) in [7, 11) is 0. The lowest BCUT2D eigenvalue weighted by molar-refractivity contribution is 1.04. The van der Waals surface area contributed by atoms with E-state index < -0.39 is 0 Å². The predicted octanol–water partition coefficient (Wildman–Crippen LogP) is 4.57. The van der Waals surface area contributed by atoms with Gasteiger partial charge in [-0.3, -0.25) is 4.79 Å². The van der Waals surface area contributed by atoms with Crippen molar-refractivity contribution in [1.82, 2.24) is 19.5 Å². The molecule has 0 unspecified atom stereocenters. The van der Waals surface area contributed by atoms with Gasteiger partial charge in [-0.25, -0.2) is 4.98 Å². The third-order valence-electron chi connectivity index (χ3n) is 5.07. The summed E-state index contributed by atoms with van der Waals surface area (Å²) in [6, 6.07) is 17.8. The highest BCUT2D eigenvalue weighted by Crippen LogP contribution is 2.21. The van der Waals surface area contributed by atoms with Gasteiger partial charge in [-0.05, 0) is 48.4 Å². The van der Waals surface area contributed by atoms with E-state index in [1.54, 1.807) is 18.5 Å². The highest BCUT2D eigenvalue weighted by molar-refractivity contribution is 5.84. The Bertz CT molecular complexity index is 1380. The number of hydrogen-bond donors (Lipinski definition) is 2. The second-order valence-corrected chi connectivity index (χ2v) is 6.91. The summed E-state index contributed by atoms with van der Waals surface area (Å²) in [4.78, 5) is 24.5. The van der Waals surface area contributed by atoms with Crippen LogP contribution in [0.2, 0.25) is 0 Å². The number of rotatable bonds is 4. The smallest absolute Gasteiger partial charge is 0.229 e. The molecule has 0 fully saturated rings. The van der Waals surface area contributed by atoms with E-state index in [0.29, 0.717) is 17.0 Å². The second-order valence-electron chi connectivity index (χ2n) is 6.91. The van der Waals surface area contributed by atoms with E-state index in [1.807, 2.05) is 47.2 Å². The Morgan fingerprint density at radius 2 is 1.93 bits per heavy atom. The van der Waals surface area contributed by atoms with Crippen molar-refractivity contribution >= 4 is 33.6 Å². The van der Waals surface area contributed by atoms with Crippen molar-refractivity contribution in [2.24, 2.45) is 0 Å². The summed E-state index contributed by atoms with van der Waals surface area (Å²) in [6.07, 6.45) is 6.23. The first-order chi connectivity index (χ1) is 14.2. The summed E-state index contributed by atoms with van der Waals surface area (Å²) in [6.45, 7) is 2.12. The molecule has 0 atom stereocenters. The molecule has 2 N–H and O–H groups in total. The van der Waals surface area contributed by atoms with Gasteiger partial charge < -0.3 is 14.9 Å². The minimum atomic E-state index is -0.0956. The van der Waals surface area contributed by atoms with Gasteiger partial charge >= 0.3 is 0 Å². The molecule has 3 aromatic heterocycles. The molecule has 0 saturated heterocycles. The fraction of sp³-hybridized carbons (Fsp3) is 0.0870. The Hall–Kier alpha value is -3.93. The Morgan fingerprint density at radius 3 is 2.76 bits per heavy atom. The normalized spacial score (nSPS) is 11.2. The molecule has 29 heavy (non-hydrogen) atoms. The monoisotopic (exact) mass is 381 g/mol. The van der Waals surface area contributed by atoms with Gasteiger partial charge in [0.2, 0.25) is 5.95 Å². The average Bonchev–Trinajstić information content (AvgIpc) is 3.22. The van der Waals surface area contributed by atoms with E-state index in [-0.39, 0.29) is 5.43 Å². The van der Waals surface area contributed by atoms with Crippen LogP contribution in [0.5, 0.6) is 0 Å². The number of fused-ring (bicyclic) bond motifs is 2. The number of aromatic amines is 1. The van der Waals surface area contributed by atoms with E-state index in [0.717, 1.165) is 28.7 Å². The molecule has 0 aliphatic heterocycles. The maximum absolute atomic E-state index is 12.3. The second kappa shape index (κ2) is 6.91. The van der Waals surface area contributed by atoms with Crippen LogP contribution in [-0.4, -0.2) is 19.5 Å². The first kappa shape index (κ1) is 17.2. The summed E-state index contributed by atoms with van der Waals surface area (Å²) < 4.78 is 1.92. The molecule has 0 radical (unpaired) electrons. The van der Waals surface area contributed by atoms with E-state index >= 15 is 0 Å². The first-order valence-electron chi connectivity index (χ1n) is 9.53. The zero-order chi connectivity index (χ0) is 19.8. The number of benzene rings is 2. The van der Waals surface area contributed by atoms with Crippen LogP contribution in [0.25, 0.3) is 27.6 Å². The third-order valence-corrected chi connectivity index (χ3v) is 5.07. The average molecular weight is 381 g/mol. The Labute approximate surface area is 166 Å². The van der Waals surface area contributed by atoms with E-state index in [4.69, 9.17) is 0 Å². The number of aryl methyl sites for hydroxylation is 1. The van der Waals surface area contributed by atoms with Crippen molar-refractivity contribution < 1.29 is 0 Å². The van der Waals surface area contributed by atoms with Crippen LogP contribution in [0, 0.1) is 0 Å². The minimum absolute atomic E-state index is 0.0956. The zero-order valence-corrected chi connectivity index (χ0v) is 15.9. The Balaban J connectivity index is 1.59. The molecule has 142 valence electrons. The van der Waals surface area contributed by atoms with Crippen molar-refractivity contribution in [2.45, 2.75) is 13.3 Å². The number of aromatic nitrogens is 4. The standard InChI is InChI=1S/C23H19N5O/c1-2-15-3-6-18(7-4-15)28-12-10-21(29)19-14-25-23(27-22(19)28)26-17-5-8-20-16(13-17)9-11-24-20/h3-14,24H,2H2,1H3,(H,25,26,27). The van der Waals surface area contributed by atoms with Crippen LogP contribution in [0.1, 0.15) is 12.5 Å². The van der Waals surface area contributed by atoms with Crippen LogP contribution in [0.3, 0.4) is 0 Å². The lowest BCUT2D eigenvalue weighted by Crippen LogP contribution is -2.10. The fourth-order valence-corrected chi connectivity index (χ4v) is 3.45. The Morgan fingerprint density at radius 1 is 1.07 bits per heavy atom. The van der Waals surface area contributed by atoms with Gasteiger partial charge in [0, 0.05) is 46.9 Å². The van der Waals surface area contributed by atoms with Gasteiger partial charge in [0.25, 0.3) is 0 Å². The lowest BCUT2D eigenvalue weighted by atomic mass is 10.1. The number of anilines is 2. The molecule has 0 spiro atoms. The minimum Gasteiger partial charge on any atom is -0.361 e. The molecule has 5 rings (SSSR count). The van der Waals surface area contributed by atoms with Gasteiger partial charge in [0.05, 0.1) is 5.39 Å². The topological polar surface area (TPSA) is 75.6 Å². The lowest BCUT2D eigenvalue weighted by Gasteiger charge is -2.12. The van der Waals surface area contributed by atoms with Crippen molar-refractivity contribution in [3.05, 3.63) is 89.0 Å². The largest absolute Gasteiger partial charge is 0.361 e. The summed E-state index contributed by atoms with van der Waals surface area (Å²) in [5.74, 6) is 0.442. The zero-order valence-electron chi connectivity index (χ0n) is 15.9. The molecule has 5 aromatic rings. The SMILES string of the molecule is CCc1ccc(-n2ccc(=O)c3cnc(Nc4ccc5[nH]ccc5c4)nc32)cc1. The van der Waals surface area contributed by atoms with Gasteiger partial charge in [-0.1, -0.05) is 19.1 Å². The third kappa shape index (κ3) is 3.14. The van der Waals surface area contributed by atoms with E-state index in [2.05, 4.69) is 39.3 Å². The van der Waals surface area contributed by atoms with E-state index in [1.165, 1.54) is 5.56 Å². The molecular formula is C23H19N5O. The van der Waals surface area contributed by atoms with Gasteiger partial charge in [-0.15, -0.1) is 0 Å². The quantitative estimate of drug-likeness (QED) is 0.478. The molecule has 6 nitrogen and oxygen atoms in total. The van der Waals surface area contributed by atoms with Crippen LogP contribution < -0.4 is 10.7 Å². The van der Waals surface area contributed by atoms with Gasteiger partial charge in [0.1, 0.15) is 0 Å². The van der Waals surface area contributed by atoms with Gasteiger partial charge in [-0.2, -0.15) is 4.98 Å². The number of nitrogens with one attached hydrogen (secondary N) is 2. The number of H-pyrrole nitrogens is 1. The maximum atomic E-state index is 12.3. The van der Waals surface area contributed by atoms with Gasteiger partial charge in [0.15, 0.2) is 11.1 Å². The van der Waals surface area contributed by atoms with Crippen LogP contribution in [-0.2, 0) is 6.42 Å². The molecule has 0 aliphatic rings. The first-order valence-corrected chi connectivity index (χ1v) is 9.53. The van der Waals surface area contributed by atoms with Crippen molar-refractivity contribution in [3.8, 4) is 5.69 Å². The molecule has 0 bridgehead atoms. The molecule has 0 amide bonds.